The lowest BCUT2D eigenvalue weighted by atomic mass is 10.3. The zero-order valence-corrected chi connectivity index (χ0v) is 14.1. The summed E-state index contributed by atoms with van der Waals surface area (Å²) in [5.74, 6) is -0.660. The molecular formula is C16H18N4O3S. The highest BCUT2D eigenvalue weighted by Gasteiger charge is 2.12. The molecule has 0 aliphatic rings. The van der Waals surface area contributed by atoms with E-state index in [9.17, 15) is 9.59 Å². The number of unbranched alkanes of at least 4 members (excludes halogenated alkanes) is 1. The Labute approximate surface area is 142 Å². The molecule has 7 nitrogen and oxygen atoms in total. The Morgan fingerprint density at radius 1 is 1.33 bits per heavy atom. The normalized spacial score (nSPS) is 11.0. The van der Waals surface area contributed by atoms with Gasteiger partial charge in [-0.1, -0.05) is 36.8 Å². The van der Waals surface area contributed by atoms with E-state index in [1.54, 1.807) is 18.2 Å². The summed E-state index contributed by atoms with van der Waals surface area (Å²) in [5.41, 5.74) is 1.21. The first-order chi connectivity index (χ1) is 11.7. The minimum Gasteiger partial charge on any atom is -0.408 e. The number of nitrogens with zero attached hydrogens (tertiary/aromatic N) is 3. The van der Waals surface area contributed by atoms with Gasteiger partial charge < -0.3 is 9.73 Å². The van der Waals surface area contributed by atoms with Crippen LogP contribution in [0.3, 0.4) is 0 Å². The van der Waals surface area contributed by atoms with Crippen LogP contribution < -0.4 is 11.1 Å². The Kier molecular flexibility index (Phi) is 5.05. The molecule has 24 heavy (non-hydrogen) atoms. The lowest BCUT2D eigenvalue weighted by molar-refractivity contribution is -0.116. The van der Waals surface area contributed by atoms with Gasteiger partial charge in [-0.3, -0.25) is 9.36 Å². The molecule has 0 aliphatic carbocycles. The number of carbonyl (C=O) groups excluding carboxylic acids is 1. The predicted octanol–water partition coefficient (Wildman–Crippen LogP) is 2.82. The van der Waals surface area contributed by atoms with Crippen molar-refractivity contribution < 1.29 is 9.21 Å². The summed E-state index contributed by atoms with van der Waals surface area (Å²) in [6, 6.07) is 7.15. The van der Waals surface area contributed by atoms with Gasteiger partial charge in [-0.25, -0.2) is 4.79 Å². The zero-order chi connectivity index (χ0) is 16.9. The average Bonchev–Trinajstić information content (AvgIpc) is 3.14. The van der Waals surface area contributed by atoms with Crippen molar-refractivity contribution >= 4 is 33.5 Å². The highest BCUT2D eigenvalue weighted by molar-refractivity contribution is 7.15. The van der Waals surface area contributed by atoms with Gasteiger partial charge in [0.05, 0.1) is 5.52 Å². The van der Waals surface area contributed by atoms with E-state index in [-0.39, 0.29) is 18.9 Å². The zero-order valence-electron chi connectivity index (χ0n) is 13.3. The molecule has 1 aromatic carbocycles. The van der Waals surface area contributed by atoms with Crippen molar-refractivity contribution in [3.05, 3.63) is 39.8 Å². The van der Waals surface area contributed by atoms with E-state index >= 15 is 0 Å². The first-order valence-corrected chi connectivity index (χ1v) is 8.69. The first-order valence-electron chi connectivity index (χ1n) is 7.88. The van der Waals surface area contributed by atoms with Crippen LogP contribution in [-0.2, 0) is 17.8 Å². The van der Waals surface area contributed by atoms with Gasteiger partial charge in [-0.15, -0.1) is 10.2 Å². The molecule has 3 aromatic rings. The van der Waals surface area contributed by atoms with Crippen molar-refractivity contribution in [1.29, 1.82) is 0 Å². The Bertz CT molecular complexity index is 896. The van der Waals surface area contributed by atoms with E-state index in [1.165, 1.54) is 15.9 Å². The number of anilines is 1. The summed E-state index contributed by atoms with van der Waals surface area (Å²) in [4.78, 5) is 23.9. The molecule has 0 bridgehead atoms. The quantitative estimate of drug-likeness (QED) is 0.710. The second kappa shape index (κ2) is 7.39. The Morgan fingerprint density at radius 2 is 2.17 bits per heavy atom. The van der Waals surface area contributed by atoms with Crippen LogP contribution in [0.15, 0.2) is 33.5 Å². The first kappa shape index (κ1) is 16.4. The van der Waals surface area contributed by atoms with Gasteiger partial charge >= 0.3 is 5.76 Å². The number of para-hydroxylation sites is 2. The van der Waals surface area contributed by atoms with Crippen LogP contribution >= 0.6 is 11.3 Å². The van der Waals surface area contributed by atoms with Crippen LogP contribution in [0.1, 0.15) is 31.2 Å². The fraction of sp³-hybridized carbons (Fsp3) is 0.375. The van der Waals surface area contributed by atoms with Crippen LogP contribution in [0.2, 0.25) is 0 Å². The molecule has 2 heterocycles. The monoisotopic (exact) mass is 346 g/mol. The molecule has 2 aromatic heterocycles. The number of aryl methyl sites for hydroxylation is 2. The molecular weight excluding hydrogens is 328 g/mol. The van der Waals surface area contributed by atoms with E-state index in [2.05, 4.69) is 22.4 Å². The molecule has 0 fully saturated rings. The van der Waals surface area contributed by atoms with E-state index in [1.807, 2.05) is 6.07 Å². The molecule has 0 unspecified atom stereocenters. The molecule has 3 rings (SSSR count). The Morgan fingerprint density at radius 3 is 3.00 bits per heavy atom. The summed E-state index contributed by atoms with van der Waals surface area (Å²) in [7, 11) is 0. The van der Waals surface area contributed by atoms with Crippen LogP contribution in [-0.4, -0.2) is 20.7 Å². The molecule has 0 atom stereocenters. The minimum atomic E-state index is -0.457. The second-order valence-corrected chi connectivity index (χ2v) is 6.45. The predicted molar refractivity (Wildman–Crippen MR) is 92.2 cm³/mol. The van der Waals surface area contributed by atoms with E-state index in [4.69, 9.17) is 4.42 Å². The van der Waals surface area contributed by atoms with Gasteiger partial charge in [0.2, 0.25) is 11.0 Å². The fourth-order valence-corrected chi connectivity index (χ4v) is 3.15. The third-order valence-electron chi connectivity index (χ3n) is 3.59. The van der Waals surface area contributed by atoms with Gasteiger partial charge in [-0.05, 0) is 18.6 Å². The van der Waals surface area contributed by atoms with Gasteiger partial charge in [0, 0.05) is 19.4 Å². The van der Waals surface area contributed by atoms with Gasteiger partial charge in [0.1, 0.15) is 5.01 Å². The Hall–Kier alpha value is -2.48. The largest absolute Gasteiger partial charge is 0.419 e. The number of fused-ring (bicyclic) bond motifs is 1. The van der Waals surface area contributed by atoms with Crippen molar-refractivity contribution in [2.75, 3.05) is 5.32 Å². The van der Waals surface area contributed by atoms with Crippen LogP contribution in [0, 0.1) is 0 Å². The molecule has 8 heteroatoms. The van der Waals surface area contributed by atoms with Crippen molar-refractivity contribution in [1.82, 2.24) is 14.8 Å². The van der Waals surface area contributed by atoms with Crippen molar-refractivity contribution in [3.8, 4) is 0 Å². The number of aromatic nitrogens is 3. The van der Waals surface area contributed by atoms with Crippen LogP contribution in [0.4, 0.5) is 5.13 Å². The van der Waals surface area contributed by atoms with E-state index in [0.29, 0.717) is 16.2 Å². The lowest BCUT2D eigenvalue weighted by Gasteiger charge is -2.02. The SMILES string of the molecule is CCCCc1nnc(NC(=O)CCn2c(=O)oc3ccccc32)s1. The standard InChI is InChI=1S/C16H18N4O3S/c1-2-3-8-14-18-19-15(24-14)17-13(21)9-10-20-11-6-4-5-7-12(11)23-16(20)22/h4-7H,2-3,8-10H2,1H3,(H,17,19,21). The van der Waals surface area contributed by atoms with Gasteiger partial charge in [-0.2, -0.15) is 0 Å². The molecule has 0 saturated carbocycles. The maximum atomic E-state index is 12.1. The smallest absolute Gasteiger partial charge is 0.408 e. The number of hydrogen-bond donors (Lipinski definition) is 1. The topological polar surface area (TPSA) is 90.0 Å². The fourth-order valence-electron chi connectivity index (χ4n) is 2.35. The lowest BCUT2D eigenvalue weighted by Crippen LogP contribution is -2.19. The highest BCUT2D eigenvalue weighted by atomic mass is 32.1. The molecule has 1 N–H and O–H groups in total. The third-order valence-corrected chi connectivity index (χ3v) is 4.49. The van der Waals surface area contributed by atoms with Crippen LogP contribution in [0.25, 0.3) is 11.1 Å². The van der Waals surface area contributed by atoms with Crippen molar-refractivity contribution in [2.24, 2.45) is 0 Å². The average molecular weight is 346 g/mol. The van der Waals surface area contributed by atoms with Crippen LogP contribution in [0.5, 0.6) is 0 Å². The molecule has 0 aliphatic heterocycles. The molecule has 0 radical (unpaired) electrons. The molecule has 0 saturated heterocycles. The van der Waals surface area contributed by atoms with E-state index < -0.39 is 5.76 Å². The maximum absolute atomic E-state index is 12.1. The number of nitrogens with one attached hydrogen (secondary N) is 1. The van der Waals surface area contributed by atoms with Crippen molar-refractivity contribution in [2.45, 2.75) is 39.2 Å². The number of amides is 1. The van der Waals surface area contributed by atoms with E-state index in [0.717, 1.165) is 24.3 Å². The Balaban J connectivity index is 1.60. The molecule has 0 spiro atoms. The molecule has 1 amide bonds. The summed E-state index contributed by atoms with van der Waals surface area (Å²) in [6.45, 7) is 2.37. The number of hydrogen-bond acceptors (Lipinski definition) is 6. The second-order valence-electron chi connectivity index (χ2n) is 5.39. The number of benzene rings is 1. The summed E-state index contributed by atoms with van der Waals surface area (Å²) >= 11 is 1.39. The molecule has 126 valence electrons. The summed E-state index contributed by atoms with van der Waals surface area (Å²) in [6.07, 6.45) is 3.18. The van der Waals surface area contributed by atoms with Gasteiger partial charge in [0.25, 0.3) is 0 Å². The maximum Gasteiger partial charge on any atom is 0.419 e. The number of rotatable bonds is 7. The number of carbonyl (C=O) groups is 1. The highest BCUT2D eigenvalue weighted by Crippen LogP contribution is 2.17. The third kappa shape index (κ3) is 3.70. The van der Waals surface area contributed by atoms with Gasteiger partial charge in [0.15, 0.2) is 5.58 Å². The van der Waals surface area contributed by atoms with Crippen molar-refractivity contribution in [3.63, 3.8) is 0 Å². The number of oxazole rings is 1. The summed E-state index contributed by atoms with van der Waals surface area (Å²) < 4.78 is 6.61. The minimum absolute atomic E-state index is 0.160. The summed E-state index contributed by atoms with van der Waals surface area (Å²) in [5, 5.41) is 12.2.